The minimum absolute atomic E-state index is 0.0544. The van der Waals surface area contributed by atoms with Crippen LogP contribution in [0.25, 0.3) is 0 Å². The van der Waals surface area contributed by atoms with E-state index in [1.54, 1.807) is 14.2 Å². The molecule has 0 radical (unpaired) electrons. The summed E-state index contributed by atoms with van der Waals surface area (Å²) in [6.45, 7) is 0.545. The van der Waals surface area contributed by atoms with Crippen molar-refractivity contribution in [3.8, 4) is 17.2 Å². The minimum atomic E-state index is -1.17. The van der Waals surface area contributed by atoms with E-state index in [1.807, 2.05) is 23.1 Å². The molecular formula is C24H23ClFN3O5. The first-order valence-electron chi connectivity index (χ1n) is 10.6. The summed E-state index contributed by atoms with van der Waals surface area (Å²) in [7, 11) is 3.20. The molecule has 1 saturated heterocycles. The van der Waals surface area contributed by atoms with E-state index >= 15 is 0 Å². The number of carboxylic acid groups (broad SMARTS) is 1. The Kier molecular flexibility index (Phi) is 7.02. The van der Waals surface area contributed by atoms with Crippen molar-refractivity contribution < 1.29 is 28.5 Å². The van der Waals surface area contributed by atoms with E-state index in [0.717, 1.165) is 18.4 Å². The minimum Gasteiger partial charge on any atom is -0.497 e. The summed E-state index contributed by atoms with van der Waals surface area (Å²) in [5, 5.41) is 9.51. The largest absolute Gasteiger partial charge is 0.497 e. The van der Waals surface area contributed by atoms with Gasteiger partial charge in [-0.25, -0.2) is 19.2 Å². The van der Waals surface area contributed by atoms with Crippen LogP contribution in [-0.2, 0) is 6.61 Å². The number of ether oxygens (including phenoxy) is 3. The molecule has 10 heteroatoms. The number of nitrogens with zero attached hydrogens (tertiary/aromatic N) is 3. The zero-order valence-electron chi connectivity index (χ0n) is 18.6. The summed E-state index contributed by atoms with van der Waals surface area (Å²) >= 11 is 5.81. The van der Waals surface area contributed by atoms with E-state index in [-0.39, 0.29) is 28.9 Å². The number of hydrogen-bond acceptors (Lipinski definition) is 7. The summed E-state index contributed by atoms with van der Waals surface area (Å²) in [6.07, 6.45) is 3.04. The van der Waals surface area contributed by atoms with Gasteiger partial charge < -0.3 is 24.2 Å². The highest BCUT2D eigenvalue weighted by atomic mass is 35.5. The Bertz CT molecular complexity index is 1210. The van der Waals surface area contributed by atoms with Gasteiger partial charge in [-0.05, 0) is 37.1 Å². The smallest absolute Gasteiger partial charge is 0.339 e. The lowest BCUT2D eigenvalue weighted by molar-refractivity contribution is 0.0692. The number of aromatic carboxylic acids is 1. The molecular weight excluding hydrogens is 465 g/mol. The maximum Gasteiger partial charge on any atom is 0.339 e. The summed E-state index contributed by atoms with van der Waals surface area (Å²) < 4.78 is 30.0. The van der Waals surface area contributed by atoms with Crippen LogP contribution in [0.5, 0.6) is 17.2 Å². The van der Waals surface area contributed by atoms with Crippen molar-refractivity contribution >= 4 is 23.5 Å². The summed E-state index contributed by atoms with van der Waals surface area (Å²) in [6, 6.07) is 9.51. The second-order valence-corrected chi connectivity index (χ2v) is 8.07. The number of carboxylic acids is 1. The van der Waals surface area contributed by atoms with Crippen molar-refractivity contribution in [1.29, 1.82) is 0 Å². The Morgan fingerprint density at radius 3 is 2.71 bits per heavy atom. The fourth-order valence-electron chi connectivity index (χ4n) is 3.98. The second-order valence-electron chi connectivity index (χ2n) is 7.66. The Hall–Kier alpha value is -3.59. The molecule has 1 aromatic heterocycles. The van der Waals surface area contributed by atoms with Gasteiger partial charge in [0.1, 0.15) is 35.2 Å². The van der Waals surface area contributed by atoms with Crippen molar-refractivity contribution in [3.63, 3.8) is 0 Å². The summed E-state index contributed by atoms with van der Waals surface area (Å²) in [4.78, 5) is 22.6. The lowest BCUT2D eigenvalue weighted by Gasteiger charge is -2.27. The molecule has 0 bridgehead atoms. The molecule has 0 aliphatic carbocycles. The molecule has 0 saturated carbocycles. The lowest BCUT2D eigenvalue weighted by Crippen LogP contribution is -2.26. The van der Waals surface area contributed by atoms with Crippen molar-refractivity contribution in [2.45, 2.75) is 25.5 Å². The van der Waals surface area contributed by atoms with Crippen LogP contribution in [0.4, 0.5) is 10.3 Å². The number of benzene rings is 2. The van der Waals surface area contributed by atoms with Gasteiger partial charge in [0.15, 0.2) is 0 Å². The number of rotatable bonds is 8. The highest BCUT2D eigenvalue weighted by Crippen LogP contribution is 2.40. The Morgan fingerprint density at radius 2 is 2.00 bits per heavy atom. The topological polar surface area (TPSA) is 94.0 Å². The predicted molar refractivity (Wildman–Crippen MR) is 124 cm³/mol. The quantitative estimate of drug-likeness (QED) is 0.479. The molecule has 1 aliphatic rings. The van der Waals surface area contributed by atoms with E-state index in [1.165, 1.54) is 24.4 Å². The van der Waals surface area contributed by atoms with Gasteiger partial charge in [0.05, 0.1) is 31.0 Å². The zero-order chi connectivity index (χ0) is 24.2. The summed E-state index contributed by atoms with van der Waals surface area (Å²) in [5.41, 5.74) is 1.09. The standard InChI is InChI=1S/C24H23ClFN3O5/c1-32-14-5-7-16(22(11-14)33-2)21-4-3-9-29(21)24-27-12-17(23(30)31)20(28-24)13-34-15-6-8-19(26)18(25)10-15/h5-8,10-12,21H,3-4,9,13H2,1-2H3,(H,30,31)/t21-/m1/s1. The molecule has 2 aromatic carbocycles. The van der Waals surface area contributed by atoms with Gasteiger partial charge in [-0.2, -0.15) is 0 Å². The third-order valence-electron chi connectivity index (χ3n) is 5.66. The normalized spacial score (nSPS) is 15.3. The Labute approximate surface area is 200 Å². The van der Waals surface area contributed by atoms with Gasteiger partial charge in [0, 0.05) is 30.4 Å². The molecule has 1 N–H and O–H groups in total. The number of methoxy groups -OCH3 is 2. The monoisotopic (exact) mass is 487 g/mol. The van der Waals surface area contributed by atoms with E-state index in [4.69, 9.17) is 25.8 Å². The molecule has 178 valence electrons. The molecule has 1 aliphatic heterocycles. The number of carbonyl (C=O) groups is 1. The van der Waals surface area contributed by atoms with Gasteiger partial charge in [-0.1, -0.05) is 11.6 Å². The van der Waals surface area contributed by atoms with Crippen LogP contribution in [-0.4, -0.2) is 41.8 Å². The fourth-order valence-corrected chi connectivity index (χ4v) is 4.15. The maximum atomic E-state index is 13.4. The van der Waals surface area contributed by atoms with Crippen molar-refractivity contribution in [1.82, 2.24) is 9.97 Å². The van der Waals surface area contributed by atoms with Gasteiger partial charge in [-0.3, -0.25) is 0 Å². The number of aromatic nitrogens is 2. The van der Waals surface area contributed by atoms with Crippen LogP contribution in [0.3, 0.4) is 0 Å². The van der Waals surface area contributed by atoms with Gasteiger partial charge >= 0.3 is 5.97 Å². The van der Waals surface area contributed by atoms with Crippen molar-refractivity contribution in [3.05, 3.63) is 70.3 Å². The van der Waals surface area contributed by atoms with E-state index in [9.17, 15) is 14.3 Å². The molecule has 2 heterocycles. The Morgan fingerprint density at radius 1 is 1.21 bits per heavy atom. The van der Waals surface area contributed by atoms with Crippen LogP contribution >= 0.6 is 11.6 Å². The first kappa shape index (κ1) is 23.6. The first-order chi connectivity index (χ1) is 16.4. The van der Waals surface area contributed by atoms with E-state index in [0.29, 0.717) is 29.7 Å². The second kappa shape index (κ2) is 10.1. The molecule has 0 spiro atoms. The van der Waals surface area contributed by atoms with Crippen LogP contribution in [0, 0.1) is 5.82 Å². The molecule has 4 rings (SSSR count). The van der Waals surface area contributed by atoms with E-state index in [2.05, 4.69) is 9.97 Å². The molecule has 1 fully saturated rings. The fraction of sp³-hybridized carbons (Fsp3) is 0.292. The number of halogens is 2. The van der Waals surface area contributed by atoms with E-state index < -0.39 is 11.8 Å². The third-order valence-corrected chi connectivity index (χ3v) is 5.95. The molecule has 1 atom stereocenters. The average molecular weight is 488 g/mol. The molecule has 0 unspecified atom stereocenters. The molecule has 34 heavy (non-hydrogen) atoms. The van der Waals surface area contributed by atoms with Crippen molar-refractivity contribution in [2.75, 3.05) is 25.7 Å². The molecule has 0 amide bonds. The van der Waals surface area contributed by atoms with Crippen LogP contribution in [0.15, 0.2) is 42.6 Å². The first-order valence-corrected chi connectivity index (χ1v) is 10.9. The lowest BCUT2D eigenvalue weighted by atomic mass is 10.0. The highest BCUT2D eigenvalue weighted by Gasteiger charge is 2.31. The number of anilines is 1. The Balaban J connectivity index is 1.63. The van der Waals surface area contributed by atoms with Gasteiger partial charge in [0.25, 0.3) is 0 Å². The highest BCUT2D eigenvalue weighted by molar-refractivity contribution is 6.30. The van der Waals surface area contributed by atoms with Gasteiger partial charge in [0.2, 0.25) is 5.95 Å². The molecule has 3 aromatic rings. The maximum absolute atomic E-state index is 13.4. The molecule has 8 nitrogen and oxygen atoms in total. The number of hydrogen-bond donors (Lipinski definition) is 1. The van der Waals surface area contributed by atoms with Crippen LogP contribution < -0.4 is 19.1 Å². The zero-order valence-corrected chi connectivity index (χ0v) is 19.4. The third kappa shape index (κ3) is 4.84. The van der Waals surface area contributed by atoms with Gasteiger partial charge in [-0.15, -0.1) is 0 Å². The van der Waals surface area contributed by atoms with Crippen LogP contribution in [0.1, 0.15) is 40.5 Å². The van der Waals surface area contributed by atoms with Crippen LogP contribution in [0.2, 0.25) is 5.02 Å². The SMILES string of the molecule is COc1ccc([C@H]2CCCN2c2ncc(C(=O)O)c(COc3ccc(F)c(Cl)c3)n2)c(OC)c1. The van der Waals surface area contributed by atoms with Crippen molar-refractivity contribution in [2.24, 2.45) is 0 Å². The summed E-state index contributed by atoms with van der Waals surface area (Å²) in [5.74, 6) is 0.324. The predicted octanol–water partition coefficient (Wildman–Crippen LogP) is 4.91. The average Bonchev–Trinajstić information content (AvgIpc) is 3.33.